The number of amides is 1. The van der Waals surface area contributed by atoms with Crippen molar-refractivity contribution in [2.24, 2.45) is 0 Å². The number of ketones is 1. The van der Waals surface area contributed by atoms with Crippen LogP contribution < -0.4 is 0 Å². The van der Waals surface area contributed by atoms with Crippen LogP contribution in [0, 0.1) is 11.3 Å². The molecule has 0 aliphatic carbocycles. The molecule has 0 aromatic rings. The molecule has 0 bridgehead atoms. The Morgan fingerprint density at radius 2 is 2.19 bits per heavy atom. The number of carbonyl (C=O) groups excluding carboxylic acids is 2. The van der Waals surface area contributed by atoms with E-state index in [1.807, 2.05) is 6.07 Å². The summed E-state index contributed by atoms with van der Waals surface area (Å²) in [6.45, 7) is 5.57. The van der Waals surface area contributed by atoms with Crippen molar-refractivity contribution in [1.29, 1.82) is 5.26 Å². The highest BCUT2D eigenvalue weighted by molar-refractivity contribution is 5.83. The van der Waals surface area contributed by atoms with Crippen molar-refractivity contribution in [3.8, 4) is 6.07 Å². The second-order valence-electron chi connectivity index (χ2n) is 4.81. The van der Waals surface area contributed by atoms with E-state index in [4.69, 9.17) is 10.00 Å². The standard InChI is InChI=1S/C11H16N2O3/c1-11(2,3)16-10(15)13-5-4-9(14)6-8(13)7-12/h8H,4-6H2,1-3H3/t8-/m0/s1. The predicted molar refractivity (Wildman–Crippen MR) is 56.6 cm³/mol. The van der Waals surface area contributed by atoms with Gasteiger partial charge in [-0.05, 0) is 20.8 Å². The van der Waals surface area contributed by atoms with Gasteiger partial charge in [0.1, 0.15) is 17.4 Å². The van der Waals surface area contributed by atoms with Gasteiger partial charge in [0.05, 0.1) is 6.07 Å². The Balaban J connectivity index is 2.68. The summed E-state index contributed by atoms with van der Waals surface area (Å²) in [6, 6.07) is 1.27. The highest BCUT2D eigenvalue weighted by Crippen LogP contribution is 2.18. The number of hydrogen-bond donors (Lipinski definition) is 0. The van der Waals surface area contributed by atoms with E-state index < -0.39 is 17.7 Å². The Kier molecular flexibility index (Phi) is 3.53. The summed E-state index contributed by atoms with van der Waals surface area (Å²) in [5.74, 6) is 0.0198. The molecular formula is C11H16N2O3. The first-order valence-electron chi connectivity index (χ1n) is 5.24. The van der Waals surface area contributed by atoms with Gasteiger partial charge in [0, 0.05) is 19.4 Å². The van der Waals surface area contributed by atoms with Gasteiger partial charge in [0.25, 0.3) is 0 Å². The summed E-state index contributed by atoms with van der Waals surface area (Å²) in [4.78, 5) is 24.2. The summed E-state index contributed by atoms with van der Waals surface area (Å²) in [7, 11) is 0. The van der Waals surface area contributed by atoms with E-state index in [-0.39, 0.29) is 18.7 Å². The van der Waals surface area contributed by atoms with Gasteiger partial charge in [-0.2, -0.15) is 5.26 Å². The average molecular weight is 224 g/mol. The number of carbonyl (C=O) groups is 2. The smallest absolute Gasteiger partial charge is 0.411 e. The van der Waals surface area contributed by atoms with Crippen molar-refractivity contribution >= 4 is 11.9 Å². The maximum Gasteiger partial charge on any atom is 0.411 e. The Morgan fingerprint density at radius 3 is 2.69 bits per heavy atom. The lowest BCUT2D eigenvalue weighted by Crippen LogP contribution is -2.47. The van der Waals surface area contributed by atoms with E-state index >= 15 is 0 Å². The quantitative estimate of drug-likeness (QED) is 0.624. The number of nitriles is 1. The minimum Gasteiger partial charge on any atom is -0.444 e. The molecule has 0 radical (unpaired) electrons. The molecule has 1 rings (SSSR count). The second-order valence-corrected chi connectivity index (χ2v) is 4.81. The first kappa shape index (κ1) is 12.5. The van der Waals surface area contributed by atoms with Crippen LogP contribution in [-0.2, 0) is 9.53 Å². The summed E-state index contributed by atoms with van der Waals surface area (Å²) in [6.07, 6.45) is -0.112. The van der Waals surface area contributed by atoms with E-state index in [0.29, 0.717) is 6.42 Å². The second kappa shape index (κ2) is 4.52. The Bertz CT molecular complexity index is 338. The number of nitrogens with zero attached hydrogens (tertiary/aromatic N) is 2. The summed E-state index contributed by atoms with van der Waals surface area (Å²) in [5.41, 5.74) is -0.585. The van der Waals surface area contributed by atoms with Crippen molar-refractivity contribution in [3.05, 3.63) is 0 Å². The van der Waals surface area contributed by atoms with Gasteiger partial charge in [0.15, 0.2) is 0 Å². The Morgan fingerprint density at radius 1 is 1.56 bits per heavy atom. The first-order valence-corrected chi connectivity index (χ1v) is 5.24. The van der Waals surface area contributed by atoms with Crippen molar-refractivity contribution < 1.29 is 14.3 Å². The van der Waals surface area contributed by atoms with Gasteiger partial charge in [-0.15, -0.1) is 0 Å². The highest BCUT2D eigenvalue weighted by atomic mass is 16.6. The van der Waals surface area contributed by atoms with Gasteiger partial charge in [-0.25, -0.2) is 4.79 Å². The van der Waals surface area contributed by atoms with Crippen LogP contribution in [0.5, 0.6) is 0 Å². The van der Waals surface area contributed by atoms with Crippen LogP contribution in [0.3, 0.4) is 0 Å². The zero-order valence-electron chi connectivity index (χ0n) is 9.82. The molecule has 16 heavy (non-hydrogen) atoms. The molecule has 1 fully saturated rings. The largest absolute Gasteiger partial charge is 0.444 e. The maximum absolute atomic E-state index is 11.7. The number of piperidine rings is 1. The third-order valence-electron chi connectivity index (χ3n) is 2.21. The molecule has 1 saturated heterocycles. The highest BCUT2D eigenvalue weighted by Gasteiger charge is 2.33. The van der Waals surface area contributed by atoms with Gasteiger partial charge in [-0.3, -0.25) is 9.69 Å². The average Bonchev–Trinajstić information content (AvgIpc) is 2.14. The molecule has 0 spiro atoms. The van der Waals surface area contributed by atoms with Crippen molar-refractivity contribution in [3.63, 3.8) is 0 Å². The SMILES string of the molecule is CC(C)(C)OC(=O)N1CCC(=O)C[C@H]1C#N. The lowest BCUT2D eigenvalue weighted by Gasteiger charge is -2.32. The van der Waals surface area contributed by atoms with E-state index in [9.17, 15) is 9.59 Å². The lowest BCUT2D eigenvalue weighted by molar-refractivity contribution is -0.122. The van der Waals surface area contributed by atoms with Gasteiger partial charge in [-0.1, -0.05) is 0 Å². The minimum atomic E-state index is -0.684. The van der Waals surface area contributed by atoms with Crippen LogP contribution >= 0.6 is 0 Å². The molecule has 0 saturated carbocycles. The molecule has 5 nitrogen and oxygen atoms in total. The zero-order chi connectivity index (χ0) is 12.3. The van der Waals surface area contributed by atoms with Crippen molar-refractivity contribution in [2.45, 2.75) is 45.3 Å². The fourth-order valence-corrected chi connectivity index (χ4v) is 1.48. The molecule has 1 atom stereocenters. The van der Waals surface area contributed by atoms with Crippen LogP contribution in [-0.4, -0.2) is 35.0 Å². The molecule has 1 aliphatic rings. The summed E-state index contributed by atoms with van der Waals surface area (Å²) >= 11 is 0. The number of ether oxygens (including phenoxy) is 1. The third-order valence-corrected chi connectivity index (χ3v) is 2.21. The third kappa shape index (κ3) is 3.23. The van der Waals surface area contributed by atoms with Crippen LogP contribution in [0.25, 0.3) is 0 Å². The fraction of sp³-hybridized carbons (Fsp3) is 0.727. The summed E-state index contributed by atoms with van der Waals surface area (Å²) < 4.78 is 5.17. The van der Waals surface area contributed by atoms with E-state index in [1.54, 1.807) is 20.8 Å². The topological polar surface area (TPSA) is 70.4 Å². The first-order chi connectivity index (χ1) is 7.33. The van der Waals surface area contributed by atoms with Gasteiger partial charge >= 0.3 is 6.09 Å². The molecule has 1 heterocycles. The molecular weight excluding hydrogens is 208 g/mol. The van der Waals surface area contributed by atoms with Crippen LogP contribution in [0.2, 0.25) is 0 Å². The van der Waals surface area contributed by atoms with E-state index in [2.05, 4.69) is 0 Å². The predicted octanol–water partition coefficient (Wildman–Crippen LogP) is 1.48. The fourth-order valence-electron chi connectivity index (χ4n) is 1.48. The molecule has 0 aromatic heterocycles. The van der Waals surface area contributed by atoms with Crippen LogP contribution in [0.15, 0.2) is 0 Å². The van der Waals surface area contributed by atoms with Gasteiger partial charge < -0.3 is 4.74 Å². The van der Waals surface area contributed by atoms with Crippen LogP contribution in [0.1, 0.15) is 33.6 Å². The molecule has 5 heteroatoms. The molecule has 1 aliphatic heterocycles. The normalized spacial score (nSPS) is 21.5. The molecule has 88 valence electrons. The number of Topliss-reactive ketones (excluding diaryl/α,β-unsaturated/α-hetero) is 1. The monoisotopic (exact) mass is 224 g/mol. The lowest BCUT2D eigenvalue weighted by atomic mass is 10.0. The van der Waals surface area contributed by atoms with E-state index in [0.717, 1.165) is 0 Å². The Labute approximate surface area is 95.0 Å². The zero-order valence-corrected chi connectivity index (χ0v) is 9.82. The molecule has 0 aromatic carbocycles. The number of rotatable bonds is 0. The Hall–Kier alpha value is -1.57. The van der Waals surface area contributed by atoms with Crippen molar-refractivity contribution in [2.75, 3.05) is 6.54 Å². The number of hydrogen-bond acceptors (Lipinski definition) is 4. The number of likely N-dealkylation sites (tertiary alicyclic amines) is 1. The minimum absolute atomic E-state index is 0.0198. The van der Waals surface area contributed by atoms with Crippen molar-refractivity contribution in [1.82, 2.24) is 4.90 Å². The molecule has 1 amide bonds. The van der Waals surface area contributed by atoms with Gasteiger partial charge in [0.2, 0.25) is 0 Å². The van der Waals surface area contributed by atoms with Crippen LogP contribution in [0.4, 0.5) is 4.79 Å². The maximum atomic E-state index is 11.7. The molecule has 0 unspecified atom stereocenters. The molecule has 0 N–H and O–H groups in total. The summed E-state index contributed by atoms with van der Waals surface area (Å²) in [5, 5.41) is 8.87. The van der Waals surface area contributed by atoms with E-state index in [1.165, 1.54) is 4.90 Å².